The van der Waals surface area contributed by atoms with Crippen LogP contribution in [0.25, 0.3) is 10.4 Å². The van der Waals surface area contributed by atoms with Gasteiger partial charge in [0.2, 0.25) is 5.91 Å². The van der Waals surface area contributed by atoms with E-state index in [-0.39, 0.29) is 17.7 Å². The molecule has 0 bridgehead atoms. The standard InChI is InChI=1S/C23H28N2O2S/c1-2-3-12-24-22(26)18-8-6-13-25(15-18)23(27)20-14-17-11-10-16-7-4-5-9-19(16)21(17)28-20/h4-5,7,9,14,18H,2-3,6,8,10-13,15H2,1H3,(H,24,26). The van der Waals surface area contributed by atoms with E-state index in [1.54, 1.807) is 11.3 Å². The number of fused-ring (bicyclic) bond motifs is 3. The number of benzene rings is 1. The number of nitrogens with zero attached hydrogens (tertiary/aromatic N) is 1. The number of hydrogen-bond acceptors (Lipinski definition) is 3. The molecule has 2 heterocycles. The molecule has 0 saturated carbocycles. The van der Waals surface area contributed by atoms with E-state index >= 15 is 0 Å². The molecule has 0 radical (unpaired) electrons. The first-order valence-corrected chi connectivity index (χ1v) is 11.3. The van der Waals surface area contributed by atoms with Crippen molar-refractivity contribution in [2.45, 2.75) is 45.4 Å². The zero-order chi connectivity index (χ0) is 19.5. The van der Waals surface area contributed by atoms with E-state index in [1.165, 1.54) is 21.6 Å². The molecular formula is C23H28N2O2S. The lowest BCUT2D eigenvalue weighted by molar-refractivity contribution is -0.126. The Balaban J connectivity index is 1.47. The van der Waals surface area contributed by atoms with Crippen molar-refractivity contribution >= 4 is 23.2 Å². The molecular weight excluding hydrogens is 368 g/mol. The minimum atomic E-state index is -0.0788. The highest BCUT2D eigenvalue weighted by Crippen LogP contribution is 2.40. The van der Waals surface area contributed by atoms with Crippen LogP contribution < -0.4 is 5.32 Å². The van der Waals surface area contributed by atoms with Crippen LogP contribution in [0, 0.1) is 5.92 Å². The van der Waals surface area contributed by atoms with Crippen molar-refractivity contribution < 1.29 is 9.59 Å². The lowest BCUT2D eigenvalue weighted by atomic mass is 9.91. The number of aryl methyl sites for hydroxylation is 2. The van der Waals surface area contributed by atoms with E-state index in [2.05, 4.69) is 42.6 Å². The maximum Gasteiger partial charge on any atom is 0.263 e. The molecule has 1 aromatic heterocycles. The largest absolute Gasteiger partial charge is 0.356 e. The summed E-state index contributed by atoms with van der Waals surface area (Å²) in [4.78, 5) is 29.5. The van der Waals surface area contributed by atoms with Crippen molar-refractivity contribution in [3.8, 4) is 10.4 Å². The molecule has 4 rings (SSSR count). The van der Waals surface area contributed by atoms with Crippen LogP contribution >= 0.6 is 11.3 Å². The predicted octanol–water partition coefficient (Wildman–Crippen LogP) is 4.28. The van der Waals surface area contributed by atoms with Gasteiger partial charge in [-0.2, -0.15) is 0 Å². The van der Waals surface area contributed by atoms with Crippen LogP contribution in [0.3, 0.4) is 0 Å². The highest BCUT2D eigenvalue weighted by Gasteiger charge is 2.30. The monoisotopic (exact) mass is 396 g/mol. The number of likely N-dealkylation sites (tertiary alicyclic amines) is 1. The second kappa shape index (κ2) is 8.48. The fraction of sp³-hybridized carbons (Fsp3) is 0.478. The Morgan fingerprint density at radius 1 is 1.21 bits per heavy atom. The normalized spacial score (nSPS) is 18.3. The summed E-state index contributed by atoms with van der Waals surface area (Å²) >= 11 is 1.61. The number of carbonyl (C=O) groups is 2. The quantitative estimate of drug-likeness (QED) is 0.767. The fourth-order valence-corrected chi connectivity index (χ4v) is 5.48. The minimum absolute atomic E-state index is 0.0788. The summed E-state index contributed by atoms with van der Waals surface area (Å²) in [5.41, 5.74) is 3.94. The van der Waals surface area contributed by atoms with E-state index in [4.69, 9.17) is 0 Å². The van der Waals surface area contributed by atoms with Crippen LogP contribution in [0.1, 0.15) is 53.4 Å². The second-order valence-electron chi connectivity index (χ2n) is 7.86. The molecule has 1 atom stereocenters. The molecule has 4 nitrogen and oxygen atoms in total. The molecule has 5 heteroatoms. The zero-order valence-corrected chi connectivity index (χ0v) is 17.3. The Hall–Kier alpha value is -2.14. The first-order valence-electron chi connectivity index (χ1n) is 10.5. The number of unbranched alkanes of at least 4 members (excludes halogenated alkanes) is 1. The molecule has 2 amide bonds. The highest BCUT2D eigenvalue weighted by molar-refractivity contribution is 7.17. The van der Waals surface area contributed by atoms with Gasteiger partial charge in [0, 0.05) is 24.5 Å². The molecule has 2 aromatic rings. The van der Waals surface area contributed by atoms with Crippen molar-refractivity contribution in [3.05, 3.63) is 46.3 Å². The molecule has 1 unspecified atom stereocenters. The van der Waals surface area contributed by atoms with Crippen molar-refractivity contribution in [1.29, 1.82) is 0 Å². The molecule has 28 heavy (non-hydrogen) atoms. The van der Waals surface area contributed by atoms with E-state index in [0.29, 0.717) is 6.54 Å². The number of amides is 2. The minimum Gasteiger partial charge on any atom is -0.356 e. The van der Waals surface area contributed by atoms with Gasteiger partial charge in [0.15, 0.2) is 0 Å². The van der Waals surface area contributed by atoms with Gasteiger partial charge in [-0.25, -0.2) is 0 Å². The van der Waals surface area contributed by atoms with Gasteiger partial charge < -0.3 is 10.2 Å². The molecule has 1 fully saturated rings. The number of nitrogens with one attached hydrogen (secondary N) is 1. The summed E-state index contributed by atoms with van der Waals surface area (Å²) in [6, 6.07) is 10.6. The third-order valence-corrected chi connectivity index (χ3v) is 7.05. The Morgan fingerprint density at radius 3 is 2.89 bits per heavy atom. The Morgan fingerprint density at radius 2 is 2.04 bits per heavy atom. The first kappa shape index (κ1) is 19.2. The number of piperidine rings is 1. The van der Waals surface area contributed by atoms with Gasteiger partial charge in [-0.1, -0.05) is 37.6 Å². The maximum atomic E-state index is 13.2. The van der Waals surface area contributed by atoms with Crippen LogP contribution in [0.2, 0.25) is 0 Å². The average molecular weight is 397 g/mol. The van der Waals surface area contributed by atoms with Gasteiger partial charge in [0.05, 0.1) is 10.8 Å². The van der Waals surface area contributed by atoms with Gasteiger partial charge >= 0.3 is 0 Å². The number of carbonyl (C=O) groups excluding carboxylic acids is 2. The molecule has 1 aliphatic heterocycles. The van der Waals surface area contributed by atoms with E-state index in [0.717, 1.165) is 56.5 Å². The van der Waals surface area contributed by atoms with Gasteiger partial charge in [-0.3, -0.25) is 9.59 Å². The number of hydrogen-bond donors (Lipinski definition) is 1. The molecule has 1 N–H and O–H groups in total. The van der Waals surface area contributed by atoms with Gasteiger partial charge in [-0.15, -0.1) is 11.3 Å². The second-order valence-corrected chi connectivity index (χ2v) is 8.91. The highest BCUT2D eigenvalue weighted by atomic mass is 32.1. The van der Waals surface area contributed by atoms with E-state index in [9.17, 15) is 9.59 Å². The molecule has 1 saturated heterocycles. The third-order valence-electron chi connectivity index (χ3n) is 5.85. The molecule has 2 aliphatic rings. The van der Waals surface area contributed by atoms with E-state index in [1.807, 2.05) is 4.90 Å². The Labute approximate surface area is 170 Å². The van der Waals surface area contributed by atoms with Gasteiger partial charge in [0.25, 0.3) is 5.91 Å². The van der Waals surface area contributed by atoms with Crippen molar-refractivity contribution in [3.63, 3.8) is 0 Å². The maximum absolute atomic E-state index is 13.2. The van der Waals surface area contributed by atoms with Crippen LogP contribution in [0.4, 0.5) is 0 Å². The number of thiophene rings is 1. The van der Waals surface area contributed by atoms with Crippen LogP contribution in [0.5, 0.6) is 0 Å². The Kier molecular flexibility index (Phi) is 5.81. The van der Waals surface area contributed by atoms with Crippen molar-refractivity contribution in [1.82, 2.24) is 10.2 Å². The topological polar surface area (TPSA) is 49.4 Å². The lowest BCUT2D eigenvalue weighted by Gasteiger charge is -2.31. The van der Waals surface area contributed by atoms with Crippen molar-refractivity contribution in [2.24, 2.45) is 5.92 Å². The molecule has 0 spiro atoms. The smallest absolute Gasteiger partial charge is 0.263 e. The molecule has 148 valence electrons. The van der Waals surface area contributed by atoms with Crippen LogP contribution in [-0.2, 0) is 17.6 Å². The summed E-state index contributed by atoms with van der Waals surface area (Å²) in [6.07, 6.45) is 5.88. The third kappa shape index (κ3) is 3.86. The van der Waals surface area contributed by atoms with Gasteiger partial charge in [0.1, 0.15) is 0 Å². The summed E-state index contributed by atoms with van der Waals surface area (Å²) in [5.74, 6) is 0.109. The summed E-state index contributed by atoms with van der Waals surface area (Å²) < 4.78 is 0. The van der Waals surface area contributed by atoms with Crippen LogP contribution in [-0.4, -0.2) is 36.3 Å². The molecule has 1 aromatic carbocycles. The summed E-state index contributed by atoms with van der Waals surface area (Å²) in [7, 11) is 0. The number of rotatable bonds is 5. The zero-order valence-electron chi connectivity index (χ0n) is 16.5. The van der Waals surface area contributed by atoms with Crippen LogP contribution in [0.15, 0.2) is 30.3 Å². The fourth-order valence-electron chi connectivity index (χ4n) is 4.24. The first-order chi connectivity index (χ1) is 13.7. The predicted molar refractivity (Wildman–Crippen MR) is 114 cm³/mol. The Bertz CT molecular complexity index is 873. The summed E-state index contributed by atoms with van der Waals surface area (Å²) in [6.45, 7) is 4.13. The lowest BCUT2D eigenvalue weighted by Crippen LogP contribution is -2.45. The summed E-state index contributed by atoms with van der Waals surface area (Å²) in [5, 5.41) is 3.03. The SMILES string of the molecule is CCCCNC(=O)C1CCCN(C(=O)c2cc3c(s2)-c2ccccc2CC3)C1. The van der Waals surface area contributed by atoms with Gasteiger partial charge in [-0.05, 0) is 54.9 Å². The average Bonchev–Trinajstić information content (AvgIpc) is 3.18. The molecule has 1 aliphatic carbocycles. The van der Waals surface area contributed by atoms with Crippen molar-refractivity contribution in [2.75, 3.05) is 19.6 Å². The van der Waals surface area contributed by atoms with E-state index < -0.39 is 0 Å².